The summed E-state index contributed by atoms with van der Waals surface area (Å²) < 4.78 is 0. The van der Waals surface area contributed by atoms with Crippen LogP contribution in [0.25, 0.3) is 0 Å². The maximum atomic E-state index is 12.0. The normalized spacial score (nSPS) is 21.0. The van der Waals surface area contributed by atoms with Crippen LogP contribution >= 0.6 is 0 Å². The van der Waals surface area contributed by atoms with Gasteiger partial charge in [0.25, 0.3) is 5.56 Å². The van der Waals surface area contributed by atoms with Crippen LogP contribution in [0.2, 0.25) is 0 Å². The molecule has 2 aliphatic carbocycles. The Balaban J connectivity index is 2.01. The minimum absolute atomic E-state index is 0.194. The molecule has 0 amide bonds. The van der Waals surface area contributed by atoms with Gasteiger partial charge in [-0.2, -0.15) is 0 Å². The molecule has 1 fully saturated rings. The van der Waals surface area contributed by atoms with Crippen molar-refractivity contribution in [3.8, 4) is 0 Å². The second-order valence-electron chi connectivity index (χ2n) is 5.25. The summed E-state index contributed by atoms with van der Waals surface area (Å²) in [5.41, 5.74) is 3.80. The van der Waals surface area contributed by atoms with Crippen LogP contribution < -0.4 is 5.56 Å². The first-order chi connectivity index (χ1) is 7.84. The smallest absolute Gasteiger partial charge is 0.251 e. The Hall–Kier alpha value is -1.05. The molecule has 1 N–H and O–H groups in total. The Bertz CT molecular complexity index is 441. The quantitative estimate of drug-likeness (QED) is 0.770. The third kappa shape index (κ3) is 1.70. The number of fused-ring (bicyclic) bond motifs is 1. The minimum Gasteiger partial charge on any atom is -0.326 e. The number of aromatic amines is 1. The molecular weight excluding hydrogens is 198 g/mol. The molecule has 0 unspecified atom stereocenters. The molecule has 0 atom stereocenters. The minimum atomic E-state index is 0.194. The predicted octanol–water partition coefficient (Wildman–Crippen LogP) is 2.91. The lowest BCUT2D eigenvalue weighted by Crippen LogP contribution is -2.21. The number of aromatic nitrogens is 1. The van der Waals surface area contributed by atoms with E-state index in [0.29, 0.717) is 5.92 Å². The summed E-state index contributed by atoms with van der Waals surface area (Å²) >= 11 is 0. The molecule has 3 rings (SSSR count). The van der Waals surface area contributed by atoms with E-state index in [2.05, 4.69) is 11.1 Å². The number of hydrogen-bond acceptors (Lipinski definition) is 1. The molecular formula is C14H19NO. The first-order valence-electron chi connectivity index (χ1n) is 6.59. The van der Waals surface area contributed by atoms with E-state index < -0.39 is 0 Å². The van der Waals surface area contributed by atoms with Crippen molar-refractivity contribution in [2.75, 3.05) is 0 Å². The summed E-state index contributed by atoms with van der Waals surface area (Å²) in [5, 5.41) is 0. The zero-order chi connectivity index (χ0) is 11.0. The Labute approximate surface area is 96.1 Å². The van der Waals surface area contributed by atoms with Crippen molar-refractivity contribution < 1.29 is 0 Å². The van der Waals surface area contributed by atoms with Gasteiger partial charge < -0.3 is 4.98 Å². The van der Waals surface area contributed by atoms with Gasteiger partial charge in [-0.05, 0) is 56.1 Å². The first-order valence-corrected chi connectivity index (χ1v) is 6.59. The molecule has 2 heteroatoms. The van der Waals surface area contributed by atoms with Crippen LogP contribution in [0.1, 0.15) is 61.3 Å². The fourth-order valence-electron chi connectivity index (χ4n) is 3.23. The van der Waals surface area contributed by atoms with E-state index in [1.807, 2.05) is 0 Å². The second kappa shape index (κ2) is 4.08. The van der Waals surface area contributed by atoms with Gasteiger partial charge in [0.2, 0.25) is 0 Å². The van der Waals surface area contributed by atoms with Gasteiger partial charge in [0.1, 0.15) is 0 Å². The van der Waals surface area contributed by atoms with Gasteiger partial charge in [-0.1, -0.05) is 12.8 Å². The van der Waals surface area contributed by atoms with Crippen molar-refractivity contribution in [3.63, 3.8) is 0 Å². The standard InChI is InChI=1S/C14H19NO/c16-14-12-8-4-3-7-11(12)9-13(15-14)10-5-1-2-6-10/h9-10H,1-8H2,(H,15,16). The van der Waals surface area contributed by atoms with E-state index >= 15 is 0 Å². The molecule has 0 spiro atoms. The summed E-state index contributed by atoms with van der Waals surface area (Å²) in [6, 6.07) is 2.28. The zero-order valence-corrected chi connectivity index (χ0v) is 9.72. The van der Waals surface area contributed by atoms with Crippen LogP contribution in [0.4, 0.5) is 0 Å². The average Bonchev–Trinajstić information content (AvgIpc) is 2.82. The summed E-state index contributed by atoms with van der Waals surface area (Å²) in [6.07, 6.45) is 9.69. The number of H-pyrrole nitrogens is 1. The van der Waals surface area contributed by atoms with E-state index in [4.69, 9.17) is 0 Å². The average molecular weight is 217 g/mol. The van der Waals surface area contributed by atoms with Gasteiger partial charge >= 0.3 is 0 Å². The first kappa shape index (κ1) is 10.1. The highest BCUT2D eigenvalue weighted by atomic mass is 16.1. The van der Waals surface area contributed by atoms with Crippen molar-refractivity contribution in [1.82, 2.24) is 4.98 Å². The van der Waals surface area contributed by atoms with Gasteiger partial charge in [-0.25, -0.2) is 0 Å². The van der Waals surface area contributed by atoms with Gasteiger partial charge in [-0.3, -0.25) is 4.79 Å². The van der Waals surface area contributed by atoms with Crippen LogP contribution in [0.15, 0.2) is 10.9 Å². The maximum Gasteiger partial charge on any atom is 0.251 e. The molecule has 0 bridgehead atoms. The van der Waals surface area contributed by atoms with Crippen LogP contribution in [0.5, 0.6) is 0 Å². The van der Waals surface area contributed by atoms with Crippen molar-refractivity contribution >= 4 is 0 Å². The van der Waals surface area contributed by atoms with Gasteiger partial charge in [0, 0.05) is 11.3 Å². The Kier molecular flexibility index (Phi) is 2.58. The summed E-state index contributed by atoms with van der Waals surface area (Å²) in [5.74, 6) is 0.625. The highest BCUT2D eigenvalue weighted by Gasteiger charge is 2.21. The van der Waals surface area contributed by atoms with Crippen molar-refractivity contribution in [3.05, 3.63) is 33.2 Å². The molecule has 2 aliphatic rings. The topological polar surface area (TPSA) is 32.9 Å². The van der Waals surface area contributed by atoms with Gasteiger partial charge in [-0.15, -0.1) is 0 Å². The molecule has 1 saturated carbocycles. The van der Waals surface area contributed by atoms with E-state index in [0.717, 1.165) is 18.4 Å². The van der Waals surface area contributed by atoms with Crippen LogP contribution in [0.3, 0.4) is 0 Å². The lowest BCUT2D eigenvalue weighted by atomic mass is 9.90. The fraction of sp³-hybridized carbons (Fsp3) is 0.643. The number of pyridine rings is 1. The van der Waals surface area contributed by atoms with E-state index in [9.17, 15) is 4.79 Å². The maximum absolute atomic E-state index is 12.0. The van der Waals surface area contributed by atoms with Gasteiger partial charge in [0.05, 0.1) is 0 Å². The number of hydrogen-bond donors (Lipinski definition) is 1. The summed E-state index contributed by atoms with van der Waals surface area (Å²) in [4.78, 5) is 15.1. The third-order valence-corrected chi connectivity index (χ3v) is 4.17. The molecule has 0 aliphatic heterocycles. The van der Waals surface area contributed by atoms with E-state index in [1.54, 1.807) is 0 Å². The highest BCUT2D eigenvalue weighted by Crippen LogP contribution is 2.33. The van der Waals surface area contributed by atoms with Crippen LogP contribution in [-0.4, -0.2) is 4.98 Å². The molecule has 0 saturated heterocycles. The second-order valence-corrected chi connectivity index (χ2v) is 5.25. The Morgan fingerprint density at radius 2 is 1.81 bits per heavy atom. The molecule has 16 heavy (non-hydrogen) atoms. The molecule has 0 radical (unpaired) electrons. The lowest BCUT2D eigenvalue weighted by Gasteiger charge is -2.17. The molecule has 86 valence electrons. The molecule has 1 heterocycles. The van der Waals surface area contributed by atoms with Crippen LogP contribution in [-0.2, 0) is 12.8 Å². The van der Waals surface area contributed by atoms with Crippen molar-refractivity contribution in [1.29, 1.82) is 0 Å². The highest BCUT2D eigenvalue weighted by molar-refractivity contribution is 5.30. The fourth-order valence-corrected chi connectivity index (χ4v) is 3.23. The predicted molar refractivity (Wildman–Crippen MR) is 64.9 cm³/mol. The van der Waals surface area contributed by atoms with Crippen molar-refractivity contribution in [2.24, 2.45) is 0 Å². The third-order valence-electron chi connectivity index (χ3n) is 4.17. The summed E-state index contributed by atoms with van der Waals surface area (Å²) in [6.45, 7) is 0. The monoisotopic (exact) mass is 217 g/mol. The number of nitrogens with one attached hydrogen (secondary N) is 1. The summed E-state index contributed by atoms with van der Waals surface area (Å²) in [7, 11) is 0. The van der Waals surface area contributed by atoms with Gasteiger partial charge in [0.15, 0.2) is 0 Å². The molecule has 1 aromatic heterocycles. The largest absolute Gasteiger partial charge is 0.326 e. The van der Waals surface area contributed by atoms with E-state index in [1.165, 1.54) is 49.8 Å². The lowest BCUT2D eigenvalue weighted by molar-refractivity contribution is 0.652. The van der Waals surface area contributed by atoms with Crippen LogP contribution in [0, 0.1) is 0 Å². The zero-order valence-electron chi connectivity index (χ0n) is 9.72. The van der Waals surface area contributed by atoms with Crippen molar-refractivity contribution in [2.45, 2.75) is 57.3 Å². The molecule has 0 aromatic carbocycles. The Morgan fingerprint density at radius 1 is 1.06 bits per heavy atom. The molecule has 1 aromatic rings. The number of rotatable bonds is 1. The molecule has 2 nitrogen and oxygen atoms in total. The SMILES string of the molecule is O=c1[nH]c(C2CCCC2)cc2c1CCCC2. The Morgan fingerprint density at radius 3 is 2.62 bits per heavy atom. The number of aryl methyl sites for hydroxylation is 1. The van der Waals surface area contributed by atoms with E-state index in [-0.39, 0.29) is 5.56 Å².